The Morgan fingerprint density at radius 1 is 1.26 bits per heavy atom. The molecule has 4 N–H and O–H groups in total. The Labute approximate surface area is 164 Å². The molecule has 1 aromatic heterocycles. The maximum atomic E-state index is 11.1. The first-order valence-electron chi connectivity index (χ1n) is 8.51. The van der Waals surface area contributed by atoms with Crippen molar-refractivity contribution in [1.82, 2.24) is 4.98 Å². The van der Waals surface area contributed by atoms with E-state index in [0.29, 0.717) is 5.75 Å². The molecule has 1 atom stereocenters. The van der Waals surface area contributed by atoms with Crippen molar-refractivity contribution in [3.05, 3.63) is 53.0 Å². The van der Waals surface area contributed by atoms with Gasteiger partial charge in [0.25, 0.3) is 0 Å². The first kappa shape index (κ1) is 17.8. The summed E-state index contributed by atoms with van der Waals surface area (Å²) in [6.07, 6.45) is 0.913. The molecule has 2 heterocycles. The molecule has 2 aromatic carbocycles. The maximum absolute atomic E-state index is 11.1. The van der Waals surface area contributed by atoms with E-state index in [2.05, 4.69) is 21.4 Å². The van der Waals surface area contributed by atoms with E-state index in [1.165, 1.54) is 17.3 Å². The fourth-order valence-corrected chi connectivity index (χ4v) is 4.88. The van der Waals surface area contributed by atoms with Crippen molar-refractivity contribution in [2.75, 3.05) is 23.3 Å². The van der Waals surface area contributed by atoms with Crippen LogP contribution in [0.4, 0.5) is 11.4 Å². The van der Waals surface area contributed by atoms with Crippen molar-refractivity contribution < 1.29 is 9.90 Å². The molecule has 0 fully saturated rings. The zero-order valence-electron chi connectivity index (χ0n) is 14.4. The highest BCUT2D eigenvalue weighted by Crippen LogP contribution is 2.31. The number of benzene rings is 2. The second-order valence-electron chi connectivity index (χ2n) is 6.22. The Morgan fingerprint density at radius 2 is 2.07 bits per heavy atom. The summed E-state index contributed by atoms with van der Waals surface area (Å²) in [4.78, 5) is 19.9. The minimum Gasteiger partial charge on any atom is -0.480 e. The third kappa shape index (κ3) is 4.06. The third-order valence-corrected chi connectivity index (χ3v) is 6.44. The van der Waals surface area contributed by atoms with Crippen LogP contribution >= 0.6 is 23.1 Å². The predicted octanol–water partition coefficient (Wildman–Crippen LogP) is 3.48. The summed E-state index contributed by atoms with van der Waals surface area (Å²) in [6.45, 7) is 0.823. The highest BCUT2D eigenvalue weighted by atomic mass is 32.2. The molecule has 3 aromatic rings. The lowest BCUT2D eigenvalue weighted by atomic mass is 10.1. The van der Waals surface area contributed by atoms with Crippen LogP contribution in [0.5, 0.6) is 0 Å². The van der Waals surface area contributed by atoms with E-state index >= 15 is 0 Å². The van der Waals surface area contributed by atoms with Crippen molar-refractivity contribution in [3.8, 4) is 0 Å². The van der Waals surface area contributed by atoms with Gasteiger partial charge in [0, 0.05) is 23.7 Å². The number of fused-ring (bicyclic) bond motifs is 1. The summed E-state index contributed by atoms with van der Waals surface area (Å²) in [7, 11) is 0. The monoisotopic (exact) mass is 398 g/mol. The fourth-order valence-electron chi connectivity index (χ4n) is 2.78. The minimum atomic E-state index is -0.883. The summed E-state index contributed by atoms with van der Waals surface area (Å²) in [5.41, 5.74) is 9.67. The van der Waals surface area contributed by atoms with E-state index in [1.807, 2.05) is 36.4 Å². The van der Waals surface area contributed by atoms with E-state index in [-0.39, 0.29) is 0 Å². The van der Waals surface area contributed by atoms with Gasteiger partial charge in [0.15, 0.2) is 6.04 Å². The number of thioether (sulfide) groups is 1. The molecule has 0 spiro atoms. The molecule has 27 heavy (non-hydrogen) atoms. The normalized spacial score (nSPS) is 16.4. The van der Waals surface area contributed by atoms with Gasteiger partial charge in [0.05, 0.1) is 10.2 Å². The van der Waals surface area contributed by atoms with Crippen LogP contribution in [0, 0.1) is 0 Å². The lowest BCUT2D eigenvalue weighted by molar-refractivity contribution is -0.137. The number of aliphatic carboxylic acids is 1. The van der Waals surface area contributed by atoms with Crippen LogP contribution in [0.25, 0.3) is 10.2 Å². The van der Waals surface area contributed by atoms with Crippen molar-refractivity contribution in [2.45, 2.75) is 12.5 Å². The number of carbonyl (C=O) groups is 1. The Kier molecular flexibility index (Phi) is 5.00. The van der Waals surface area contributed by atoms with Crippen LogP contribution < -0.4 is 11.1 Å². The van der Waals surface area contributed by atoms with E-state index in [4.69, 9.17) is 10.8 Å². The number of nitrogens with one attached hydrogen (secondary N) is 1. The lowest BCUT2D eigenvalue weighted by Gasteiger charge is -2.06. The molecule has 4 rings (SSSR count). The van der Waals surface area contributed by atoms with E-state index in [0.717, 1.165) is 44.6 Å². The smallest absolute Gasteiger partial charge is 0.329 e. The van der Waals surface area contributed by atoms with Crippen LogP contribution in [0.3, 0.4) is 0 Å². The number of nitrogen functional groups attached to an aromatic ring is 1. The molecule has 0 bridgehead atoms. The summed E-state index contributed by atoms with van der Waals surface area (Å²) in [6, 6.07) is 13.3. The number of carboxylic acid groups (broad SMARTS) is 1. The first-order chi connectivity index (χ1) is 13.1. The largest absolute Gasteiger partial charge is 0.480 e. The van der Waals surface area contributed by atoms with Gasteiger partial charge in [-0.3, -0.25) is 4.99 Å². The highest BCUT2D eigenvalue weighted by molar-refractivity contribution is 8.15. The van der Waals surface area contributed by atoms with E-state index < -0.39 is 12.0 Å². The molecule has 0 saturated carbocycles. The van der Waals surface area contributed by atoms with Crippen LogP contribution in [0.15, 0.2) is 47.5 Å². The maximum Gasteiger partial charge on any atom is 0.329 e. The second-order valence-corrected chi connectivity index (χ2v) is 8.26. The van der Waals surface area contributed by atoms with Crippen molar-refractivity contribution in [3.63, 3.8) is 0 Å². The van der Waals surface area contributed by atoms with Gasteiger partial charge in [-0.2, -0.15) is 0 Å². The van der Waals surface area contributed by atoms with E-state index in [9.17, 15) is 4.79 Å². The lowest BCUT2D eigenvalue weighted by Crippen LogP contribution is -2.17. The second kappa shape index (κ2) is 7.58. The average molecular weight is 399 g/mol. The number of aliphatic imine (C=N–C) groups is 1. The van der Waals surface area contributed by atoms with Crippen LogP contribution in [0.2, 0.25) is 0 Å². The minimum absolute atomic E-state index is 0.471. The third-order valence-electron chi connectivity index (χ3n) is 4.23. The molecule has 0 amide bonds. The zero-order valence-corrected chi connectivity index (χ0v) is 16.0. The summed E-state index contributed by atoms with van der Waals surface area (Å²) in [5, 5.41) is 14.0. The van der Waals surface area contributed by atoms with Crippen molar-refractivity contribution >= 4 is 55.7 Å². The number of hydrogen-bond acceptors (Lipinski definition) is 7. The molecule has 1 aliphatic heterocycles. The highest BCUT2D eigenvalue weighted by Gasteiger charge is 2.26. The number of nitrogens with zero attached hydrogens (tertiary/aromatic N) is 2. The molecule has 0 saturated heterocycles. The number of aromatic nitrogens is 1. The molecular formula is C19H18N4O2S2. The number of hydrogen-bond donors (Lipinski definition) is 3. The van der Waals surface area contributed by atoms with Crippen molar-refractivity contribution in [2.24, 2.45) is 4.99 Å². The van der Waals surface area contributed by atoms with Gasteiger partial charge in [-0.05, 0) is 42.3 Å². The summed E-state index contributed by atoms with van der Waals surface area (Å²) >= 11 is 3.00. The summed E-state index contributed by atoms with van der Waals surface area (Å²) < 4.78 is 1.06. The summed E-state index contributed by atoms with van der Waals surface area (Å²) in [5.74, 6) is -0.412. The number of anilines is 2. The molecule has 1 aliphatic rings. The molecule has 6 nitrogen and oxygen atoms in total. The van der Waals surface area contributed by atoms with Gasteiger partial charge in [0.1, 0.15) is 10.1 Å². The molecule has 138 valence electrons. The topological polar surface area (TPSA) is 101 Å². The molecule has 8 heteroatoms. The van der Waals surface area contributed by atoms with Crippen molar-refractivity contribution in [1.29, 1.82) is 0 Å². The number of nitrogens with two attached hydrogens (primary N) is 1. The molecule has 0 aliphatic carbocycles. The Balaban J connectivity index is 1.44. The Morgan fingerprint density at radius 3 is 2.81 bits per heavy atom. The average Bonchev–Trinajstić information content (AvgIpc) is 3.30. The SMILES string of the molecule is Nc1ccc(CCNc2ccc3nc(C4=NC(C(=O)O)CS4)sc3c2)cc1. The Bertz CT molecular complexity index is 1010. The standard InChI is InChI=1S/C19H18N4O2S2/c20-12-3-1-11(2-4-12)7-8-21-13-5-6-14-16(9-13)27-18(22-14)17-23-15(10-26-17)19(24)25/h1-6,9,15,21H,7-8,10,20H2,(H,24,25). The van der Waals surface area contributed by atoms with Gasteiger partial charge >= 0.3 is 5.97 Å². The van der Waals surface area contributed by atoms with Gasteiger partial charge in [0.2, 0.25) is 0 Å². The molecular weight excluding hydrogens is 380 g/mol. The van der Waals surface area contributed by atoms with Gasteiger partial charge in [-0.25, -0.2) is 9.78 Å². The predicted molar refractivity (Wildman–Crippen MR) is 113 cm³/mol. The number of rotatable bonds is 6. The Hall–Kier alpha value is -2.58. The zero-order chi connectivity index (χ0) is 18.8. The van der Waals surface area contributed by atoms with Gasteiger partial charge in [-0.1, -0.05) is 12.1 Å². The number of carboxylic acids is 1. The fraction of sp³-hybridized carbons (Fsp3) is 0.211. The molecule has 0 radical (unpaired) electrons. The number of thiazole rings is 1. The van der Waals surface area contributed by atoms with Crippen LogP contribution in [0.1, 0.15) is 10.6 Å². The molecule has 1 unspecified atom stereocenters. The first-order valence-corrected chi connectivity index (χ1v) is 10.3. The van der Waals surface area contributed by atoms with Crippen LogP contribution in [-0.2, 0) is 11.2 Å². The quantitative estimate of drug-likeness (QED) is 0.550. The van der Waals surface area contributed by atoms with Gasteiger partial charge < -0.3 is 16.2 Å². The van der Waals surface area contributed by atoms with E-state index in [1.54, 1.807) is 11.3 Å². The van der Waals surface area contributed by atoms with Gasteiger partial charge in [-0.15, -0.1) is 23.1 Å². The van der Waals surface area contributed by atoms with Crippen LogP contribution in [-0.4, -0.2) is 39.4 Å².